The van der Waals surface area contributed by atoms with Crippen LogP contribution in [-0.2, 0) is 0 Å². The van der Waals surface area contributed by atoms with Crippen LogP contribution < -0.4 is 5.43 Å². The number of phenolic OH excluding ortho intramolecular Hbond substituents is 3. The van der Waals surface area contributed by atoms with Gasteiger partial charge in [0.1, 0.15) is 16.7 Å². The number of benzene rings is 2. The summed E-state index contributed by atoms with van der Waals surface area (Å²) in [7, 11) is 0. The SMILES string of the molecule is Cc1c(O)c(O)c(O)c2c(=O)cc(-c3ccccc3)oc12. The minimum atomic E-state index is -0.722. The maximum atomic E-state index is 12.2. The molecule has 5 nitrogen and oxygen atoms in total. The predicted octanol–water partition coefficient (Wildman–Crippen LogP) is 2.89. The van der Waals surface area contributed by atoms with Gasteiger partial charge in [0.15, 0.2) is 16.9 Å². The molecule has 0 atom stereocenters. The fourth-order valence-corrected chi connectivity index (χ4v) is 2.24. The minimum Gasteiger partial charge on any atom is -0.504 e. The Kier molecular flexibility index (Phi) is 2.83. The van der Waals surface area contributed by atoms with Crippen LogP contribution in [0.2, 0.25) is 0 Å². The molecule has 1 aromatic heterocycles. The molecular weight excluding hydrogens is 272 g/mol. The highest BCUT2D eigenvalue weighted by molar-refractivity contribution is 5.92. The second-order valence-electron chi connectivity index (χ2n) is 4.72. The van der Waals surface area contributed by atoms with Crippen molar-refractivity contribution >= 4 is 11.0 Å². The maximum absolute atomic E-state index is 12.2. The van der Waals surface area contributed by atoms with Crippen LogP contribution >= 0.6 is 0 Å². The lowest BCUT2D eigenvalue weighted by Gasteiger charge is -2.10. The average molecular weight is 284 g/mol. The molecule has 0 bridgehead atoms. The molecule has 2 aromatic carbocycles. The molecule has 5 heteroatoms. The van der Waals surface area contributed by atoms with Crippen LogP contribution in [0.5, 0.6) is 17.2 Å². The molecule has 0 spiro atoms. The number of aromatic hydroxyl groups is 3. The smallest absolute Gasteiger partial charge is 0.201 e. The number of hydrogen-bond donors (Lipinski definition) is 3. The predicted molar refractivity (Wildman–Crippen MR) is 77.7 cm³/mol. The van der Waals surface area contributed by atoms with Crippen molar-refractivity contribution in [3.63, 3.8) is 0 Å². The zero-order valence-corrected chi connectivity index (χ0v) is 11.1. The summed E-state index contributed by atoms with van der Waals surface area (Å²) < 4.78 is 5.64. The molecule has 0 aliphatic rings. The fourth-order valence-electron chi connectivity index (χ4n) is 2.24. The van der Waals surface area contributed by atoms with E-state index in [0.29, 0.717) is 11.3 Å². The normalized spacial score (nSPS) is 10.9. The Balaban J connectivity index is 2.43. The van der Waals surface area contributed by atoms with Crippen molar-refractivity contribution in [1.29, 1.82) is 0 Å². The first kappa shape index (κ1) is 13.1. The summed E-state index contributed by atoms with van der Waals surface area (Å²) in [5.41, 5.74) is 0.443. The first-order valence-electron chi connectivity index (χ1n) is 6.27. The lowest BCUT2D eigenvalue weighted by molar-refractivity contribution is 0.368. The van der Waals surface area contributed by atoms with Crippen molar-refractivity contribution in [2.45, 2.75) is 6.92 Å². The molecule has 3 aromatic rings. The van der Waals surface area contributed by atoms with Gasteiger partial charge in [0, 0.05) is 17.2 Å². The molecule has 21 heavy (non-hydrogen) atoms. The van der Waals surface area contributed by atoms with E-state index in [1.807, 2.05) is 6.07 Å². The van der Waals surface area contributed by atoms with Crippen molar-refractivity contribution in [3.05, 3.63) is 52.2 Å². The topological polar surface area (TPSA) is 90.9 Å². The van der Waals surface area contributed by atoms with E-state index in [9.17, 15) is 20.1 Å². The first-order valence-corrected chi connectivity index (χ1v) is 6.27. The average Bonchev–Trinajstić information content (AvgIpc) is 2.51. The molecule has 0 aliphatic heterocycles. The third-order valence-corrected chi connectivity index (χ3v) is 3.39. The summed E-state index contributed by atoms with van der Waals surface area (Å²) in [6.45, 7) is 1.49. The Labute approximate surface area is 119 Å². The lowest BCUT2D eigenvalue weighted by Crippen LogP contribution is -2.02. The number of fused-ring (bicyclic) bond motifs is 1. The van der Waals surface area contributed by atoms with Crippen LogP contribution in [0.4, 0.5) is 0 Å². The molecule has 0 radical (unpaired) electrons. The van der Waals surface area contributed by atoms with Crippen LogP contribution in [0, 0.1) is 6.92 Å². The Morgan fingerprint density at radius 3 is 2.29 bits per heavy atom. The Morgan fingerprint density at radius 2 is 1.62 bits per heavy atom. The summed E-state index contributed by atoms with van der Waals surface area (Å²) in [5.74, 6) is -1.59. The third kappa shape index (κ3) is 1.90. The van der Waals surface area contributed by atoms with Gasteiger partial charge in [-0.15, -0.1) is 0 Å². The van der Waals surface area contributed by atoms with E-state index in [4.69, 9.17) is 4.42 Å². The summed E-state index contributed by atoms with van der Waals surface area (Å²) in [6, 6.07) is 10.2. The second-order valence-corrected chi connectivity index (χ2v) is 4.72. The molecule has 106 valence electrons. The number of aryl methyl sites for hydroxylation is 1. The molecule has 0 saturated carbocycles. The third-order valence-electron chi connectivity index (χ3n) is 3.39. The van der Waals surface area contributed by atoms with Gasteiger partial charge in [-0.05, 0) is 6.92 Å². The monoisotopic (exact) mass is 284 g/mol. The van der Waals surface area contributed by atoms with Gasteiger partial charge < -0.3 is 19.7 Å². The Hall–Kier alpha value is -2.95. The second kappa shape index (κ2) is 4.56. The zero-order chi connectivity index (χ0) is 15.1. The maximum Gasteiger partial charge on any atom is 0.201 e. The highest BCUT2D eigenvalue weighted by atomic mass is 16.3. The molecule has 3 rings (SSSR count). The van der Waals surface area contributed by atoms with Crippen LogP contribution in [0.1, 0.15) is 5.56 Å². The van der Waals surface area contributed by atoms with E-state index >= 15 is 0 Å². The van der Waals surface area contributed by atoms with E-state index in [1.54, 1.807) is 24.3 Å². The zero-order valence-electron chi connectivity index (χ0n) is 11.1. The summed E-state index contributed by atoms with van der Waals surface area (Å²) >= 11 is 0. The molecule has 1 heterocycles. The van der Waals surface area contributed by atoms with E-state index in [1.165, 1.54) is 13.0 Å². The van der Waals surface area contributed by atoms with Gasteiger partial charge in [-0.25, -0.2) is 0 Å². The van der Waals surface area contributed by atoms with Gasteiger partial charge in [-0.3, -0.25) is 4.79 Å². The molecule has 0 unspecified atom stereocenters. The van der Waals surface area contributed by atoms with Gasteiger partial charge in [-0.2, -0.15) is 0 Å². The standard InChI is InChI=1S/C16H12O5/c1-8-13(18)15(20)14(19)12-10(17)7-11(21-16(8)12)9-5-3-2-4-6-9/h2-7,18-20H,1H3. The van der Waals surface area contributed by atoms with Crippen molar-refractivity contribution < 1.29 is 19.7 Å². The van der Waals surface area contributed by atoms with Gasteiger partial charge >= 0.3 is 0 Å². The fraction of sp³-hybridized carbons (Fsp3) is 0.0625. The van der Waals surface area contributed by atoms with Crippen LogP contribution in [-0.4, -0.2) is 15.3 Å². The molecular formula is C16H12O5. The van der Waals surface area contributed by atoms with E-state index in [-0.39, 0.29) is 16.5 Å². The summed E-state index contributed by atoms with van der Waals surface area (Å²) in [6.07, 6.45) is 0. The molecule has 0 aliphatic carbocycles. The summed E-state index contributed by atoms with van der Waals surface area (Å²) in [5, 5.41) is 29.1. The van der Waals surface area contributed by atoms with Crippen molar-refractivity contribution in [2.24, 2.45) is 0 Å². The van der Waals surface area contributed by atoms with E-state index in [0.717, 1.165) is 0 Å². The van der Waals surface area contributed by atoms with Crippen molar-refractivity contribution in [3.8, 4) is 28.6 Å². The highest BCUT2D eigenvalue weighted by Gasteiger charge is 2.20. The van der Waals surface area contributed by atoms with E-state index < -0.39 is 22.7 Å². The molecule has 0 amide bonds. The number of rotatable bonds is 1. The quantitative estimate of drug-likeness (QED) is 0.598. The van der Waals surface area contributed by atoms with Gasteiger partial charge in [0.2, 0.25) is 5.75 Å². The number of hydrogen-bond acceptors (Lipinski definition) is 5. The van der Waals surface area contributed by atoms with Crippen LogP contribution in [0.3, 0.4) is 0 Å². The Morgan fingerprint density at radius 1 is 0.952 bits per heavy atom. The van der Waals surface area contributed by atoms with Gasteiger partial charge in [-0.1, -0.05) is 30.3 Å². The molecule has 0 saturated heterocycles. The van der Waals surface area contributed by atoms with Crippen molar-refractivity contribution in [1.82, 2.24) is 0 Å². The summed E-state index contributed by atoms with van der Waals surface area (Å²) in [4.78, 5) is 12.2. The van der Waals surface area contributed by atoms with Gasteiger partial charge in [0.05, 0.1) is 0 Å². The van der Waals surface area contributed by atoms with Crippen LogP contribution in [0.25, 0.3) is 22.3 Å². The number of phenols is 3. The molecule has 0 fully saturated rings. The Bertz CT molecular complexity index is 894. The minimum absolute atomic E-state index is 0.0501. The van der Waals surface area contributed by atoms with Gasteiger partial charge in [0.25, 0.3) is 0 Å². The molecule has 3 N–H and O–H groups in total. The lowest BCUT2D eigenvalue weighted by atomic mass is 10.1. The van der Waals surface area contributed by atoms with E-state index in [2.05, 4.69) is 0 Å². The highest BCUT2D eigenvalue weighted by Crippen LogP contribution is 2.43. The van der Waals surface area contributed by atoms with Crippen molar-refractivity contribution in [2.75, 3.05) is 0 Å². The van der Waals surface area contributed by atoms with Crippen LogP contribution in [0.15, 0.2) is 45.6 Å². The first-order chi connectivity index (χ1) is 10.0. The largest absolute Gasteiger partial charge is 0.504 e.